The topological polar surface area (TPSA) is 26.0 Å². The molecule has 0 aliphatic rings. The molecule has 1 heterocycles. The molecule has 0 aliphatic carbocycles. The number of halogens is 1. The fourth-order valence-electron chi connectivity index (χ4n) is 0.991. The first kappa shape index (κ1) is 10.2. The van der Waals surface area contributed by atoms with Crippen molar-refractivity contribution in [2.24, 2.45) is 11.7 Å². The molecule has 0 aromatic carbocycles. The van der Waals surface area contributed by atoms with Gasteiger partial charge in [-0.1, -0.05) is 6.92 Å². The molecule has 0 fully saturated rings. The monoisotopic (exact) mass is 247 g/mol. The number of rotatable bonds is 4. The SMILES string of the molecule is CC(CN)CCc1cc(Br)cs1. The standard InChI is InChI=1S/C9H14BrNS/c1-7(5-11)2-3-9-4-8(10)6-12-9/h4,6-7H,2-3,5,11H2,1H3. The van der Waals surface area contributed by atoms with Crippen molar-refractivity contribution in [3.05, 3.63) is 20.8 Å². The van der Waals surface area contributed by atoms with E-state index in [1.54, 1.807) is 0 Å². The molecule has 2 N–H and O–H groups in total. The summed E-state index contributed by atoms with van der Waals surface area (Å²) in [5.74, 6) is 0.644. The Labute approximate surface area is 86.1 Å². The largest absolute Gasteiger partial charge is 0.330 e. The normalized spacial score (nSPS) is 13.2. The number of aryl methyl sites for hydroxylation is 1. The fourth-order valence-corrected chi connectivity index (χ4v) is 2.46. The van der Waals surface area contributed by atoms with Gasteiger partial charge in [0.25, 0.3) is 0 Å². The molecule has 0 amide bonds. The third-order valence-electron chi connectivity index (χ3n) is 1.91. The first-order valence-corrected chi connectivity index (χ1v) is 5.82. The smallest absolute Gasteiger partial charge is 0.0285 e. The van der Waals surface area contributed by atoms with Crippen molar-refractivity contribution in [2.45, 2.75) is 19.8 Å². The lowest BCUT2D eigenvalue weighted by atomic mass is 10.1. The summed E-state index contributed by atoms with van der Waals surface area (Å²) in [6, 6.07) is 2.19. The van der Waals surface area contributed by atoms with E-state index >= 15 is 0 Å². The lowest BCUT2D eigenvalue weighted by Gasteiger charge is -2.05. The highest BCUT2D eigenvalue weighted by Gasteiger charge is 2.01. The van der Waals surface area contributed by atoms with Crippen molar-refractivity contribution in [1.82, 2.24) is 0 Å². The molecule has 3 heteroatoms. The second-order valence-corrected chi connectivity index (χ2v) is 5.02. The maximum atomic E-state index is 5.54. The first-order chi connectivity index (χ1) is 5.72. The van der Waals surface area contributed by atoms with Crippen LogP contribution in [-0.2, 0) is 6.42 Å². The van der Waals surface area contributed by atoms with E-state index in [2.05, 4.69) is 34.3 Å². The third-order valence-corrected chi connectivity index (χ3v) is 3.67. The Bertz CT molecular complexity index is 234. The summed E-state index contributed by atoms with van der Waals surface area (Å²) in [5, 5.41) is 2.13. The van der Waals surface area contributed by atoms with Crippen molar-refractivity contribution in [1.29, 1.82) is 0 Å². The molecular weight excluding hydrogens is 234 g/mol. The van der Waals surface area contributed by atoms with Gasteiger partial charge < -0.3 is 5.73 Å². The van der Waals surface area contributed by atoms with Crippen LogP contribution in [0.25, 0.3) is 0 Å². The Hall–Kier alpha value is 0.140. The zero-order chi connectivity index (χ0) is 8.97. The fraction of sp³-hybridized carbons (Fsp3) is 0.556. The van der Waals surface area contributed by atoms with Gasteiger partial charge in [-0.3, -0.25) is 0 Å². The molecule has 0 bridgehead atoms. The highest BCUT2D eigenvalue weighted by atomic mass is 79.9. The van der Waals surface area contributed by atoms with Gasteiger partial charge in [0.1, 0.15) is 0 Å². The molecule has 1 unspecified atom stereocenters. The van der Waals surface area contributed by atoms with Crippen LogP contribution in [-0.4, -0.2) is 6.54 Å². The van der Waals surface area contributed by atoms with E-state index in [9.17, 15) is 0 Å². The van der Waals surface area contributed by atoms with Crippen LogP contribution >= 0.6 is 27.3 Å². The van der Waals surface area contributed by atoms with E-state index in [-0.39, 0.29) is 0 Å². The van der Waals surface area contributed by atoms with Crippen LogP contribution in [0.4, 0.5) is 0 Å². The molecule has 0 aliphatic heterocycles. The van der Waals surface area contributed by atoms with Gasteiger partial charge in [0, 0.05) is 14.7 Å². The van der Waals surface area contributed by atoms with E-state index in [4.69, 9.17) is 5.73 Å². The van der Waals surface area contributed by atoms with Crippen molar-refractivity contribution >= 4 is 27.3 Å². The Morgan fingerprint density at radius 1 is 1.67 bits per heavy atom. The average Bonchev–Trinajstić information content (AvgIpc) is 2.47. The summed E-state index contributed by atoms with van der Waals surface area (Å²) in [5.41, 5.74) is 5.54. The molecule has 12 heavy (non-hydrogen) atoms. The minimum atomic E-state index is 0.644. The van der Waals surface area contributed by atoms with Crippen LogP contribution in [0.5, 0.6) is 0 Å². The molecule has 0 radical (unpaired) electrons. The van der Waals surface area contributed by atoms with Gasteiger partial charge >= 0.3 is 0 Å². The number of nitrogens with two attached hydrogens (primary N) is 1. The summed E-state index contributed by atoms with van der Waals surface area (Å²) in [7, 11) is 0. The van der Waals surface area contributed by atoms with Crippen LogP contribution in [0, 0.1) is 5.92 Å². The van der Waals surface area contributed by atoms with Crippen LogP contribution in [0.3, 0.4) is 0 Å². The van der Waals surface area contributed by atoms with E-state index in [1.807, 2.05) is 11.3 Å². The van der Waals surface area contributed by atoms with Crippen LogP contribution in [0.2, 0.25) is 0 Å². The third kappa shape index (κ3) is 3.25. The van der Waals surface area contributed by atoms with Gasteiger partial charge in [0.2, 0.25) is 0 Å². The molecule has 1 aromatic heterocycles. The Balaban J connectivity index is 2.33. The molecular formula is C9H14BrNS. The second kappa shape index (κ2) is 5.00. The van der Waals surface area contributed by atoms with Gasteiger partial charge in [-0.05, 0) is 47.3 Å². The summed E-state index contributed by atoms with van der Waals surface area (Å²) < 4.78 is 1.20. The Morgan fingerprint density at radius 3 is 2.92 bits per heavy atom. The first-order valence-electron chi connectivity index (χ1n) is 4.15. The molecule has 0 saturated heterocycles. The number of thiophene rings is 1. The highest BCUT2D eigenvalue weighted by molar-refractivity contribution is 9.10. The maximum Gasteiger partial charge on any atom is 0.0285 e. The zero-order valence-electron chi connectivity index (χ0n) is 7.22. The molecule has 1 nitrogen and oxygen atoms in total. The van der Waals surface area contributed by atoms with Crippen molar-refractivity contribution in [2.75, 3.05) is 6.54 Å². The zero-order valence-corrected chi connectivity index (χ0v) is 9.62. The summed E-state index contributed by atoms with van der Waals surface area (Å²) >= 11 is 5.26. The van der Waals surface area contributed by atoms with E-state index in [1.165, 1.54) is 15.8 Å². The van der Waals surface area contributed by atoms with Crippen LogP contribution in [0.15, 0.2) is 15.9 Å². The quantitative estimate of drug-likeness (QED) is 0.870. The van der Waals surface area contributed by atoms with Gasteiger partial charge in [0.05, 0.1) is 0 Å². The summed E-state index contributed by atoms with van der Waals surface area (Å²) in [4.78, 5) is 1.45. The summed E-state index contributed by atoms with van der Waals surface area (Å²) in [6.45, 7) is 3.00. The molecule has 1 atom stereocenters. The lowest BCUT2D eigenvalue weighted by Crippen LogP contribution is -2.10. The number of hydrogen-bond donors (Lipinski definition) is 1. The van der Waals surface area contributed by atoms with Gasteiger partial charge in [0.15, 0.2) is 0 Å². The summed E-state index contributed by atoms with van der Waals surface area (Å²) in [6.07, 6.45) is 2.36. The maximum absolute atomic E-state index is 5.54. The second-order valence-electron chi connectivity index (χ2n) is 3.11. The molecule has 1 aromatic rings. The van der Waals surface area contributed by atoms with E-state index in [0.717, 1.165) is 13.0 Å². The predicted octanol–water partition coefficient (Wildman–Crippen LogP) is 3.04. The molecule has 0 saturated carbocycles. The highest BCUT2D eigenvalue weighted by Crippen LogP contribution is 2.21. The molecule has 1 rings (SSSR count). The lowest BCUT2D eigenvalue weighted by molar-refractivity contribution is 0.547. The van der Waals surface area contributed by atoms with E-state index < -0.39 is 0 Å². The minimum absolute atomic E-state index is 0.644. The Morgan fingerprint density at radius 2 is 2.42 bits per heavy atom. The van der Waals surface area contributed by atoms with Crippen molar-refractivity contribution in [3.8, 4) is 0 Å². The van der Waals surface area contributed by atoms with Crippen molar-refractivity contribution in [3.63, 3.8) is 0 Å². The Kier molecular flexibility index (Phi) is 4.26. The van der Waals surface area contributed by atoms with Crippen LogP contribution < -0.4 is 5.73 Å². The predicted molar refractivity (Wildman–Crippen MR) is 58.6 cm³/mol. The van der Waals surface area contributed by atoms with Gasteiger partial charge in [-0.25, -0.2) is 0 Å². The number of hydrogen-bond acceptors (Lipinski definition) is 2. The molecule has 68 valence electrons. The van der Waals surface area contributed by atoms with Crippen molar-refractivity contribution < 1.29 is 0 Å². The molecule has 0 spiro atoms. The van der Waals surface area contributed by atoms with Gasteiger partial charge in [-0.15, -0.1) is 11.3 Å². The van der Waals surface area contributed by atoms with E-state index in [0.29, 0.717) is 5.92 Å². The van der Waals surface area contributed by atoms with Gasteiger partial charge in [-0.2, -0.15) is 0 Å². The minimum Gasteiger partial charge on any atom is -0.330 e. The average molecular weight is 248 g/mol. The van der Waals surface area contributed by atoms with Crippen LogP contribution in [0.1, 0.15) is 18.2 Å².